The summed E-state index contributed by atoms with van der Waals surface area (Å²) in [6.45, 7) is 12.4. The molecule has 0 amide bonds. The van der Waals surface area contributed by atoms with Gasteiger partial charge in [0.1, 0.15) is 0 Å². The Morgan fingerprint density at radius 2 is 1.92 bits per heavy atom. The van der Waals surface area contributed by atoms with Gasteiger partial charge in [0.15, 0.2) is 0 Å². The largest absolute Gasteiger partial charge is 0.0700 e. The lowest BCUT2D eigenvalue weighted by Gasteiger charge is -2.46. The van der Waals surface area contributed by atoms with E-state index in [0.29, 0.717) is 5.41 Å². The molecule has 5 unspecified atom stereocenters. The molecule has 136 valence electrons. The van der Waals surface area contributed by atoms with E-state index < -0.39 is 0 Å². The van der Waals surface area contributed by atoms with Gasteiger partial charge in [-0.05, 0) is 86.4 Å². The van der Waals surface area contributed by atoms with E-state index >= 15 is 0 Å². The fourth-order valence-corrected chi connectivity index (χ4v) is 6.59. The highest BCUT2D eigenvalue weighted by Crippen LogP contribution is 2.60. The highest BCUT2D eigenvalue weighted by Gasteiger charge is 2.51. The molecule has 0 bridgehead atoms. The number of allylic oxidation sites excluding steroid dienone is 4. The summed E-state index contributed by atoms with van der Waals surface area (Å²) in [5.74, 6) is 4.40. The average Bonchev–Trinajstić information content (AvgIpc) is 2.90. The lowest BCUT2D eigenvalue weighted by atomic mass is 9.58. The van der Waals surface area contributed by atoms with E-state index in [4.69, 9.17) is 0 Å². The van der Waals surface area contributed by atoms with Gasteiger partial charge in [0, 0.05) is 0 Å². The lowest BCUT2D eigenvalue weighted by molar-refractivity contribution is 0.0865. The van der Waals surface area contributed by atoms with Crippen molar-refractivity contribution < 1.29 is 0 Å². The Kier molecular flexibility index (Phi) is 5.62. The summed E-state index contributed by atoms with van der Waals surface area (Å²) < 4.78 is 0. The predicted octanol–water partition coefficient (Wildman–Crippen LogP) is 7.56. The molecule has 0 N–H and O–H groups in total. The lowest BCUT2D eigenvalue weighted by Crippen LogP contribution is -2.38. The number of fused-ring (bicyclic) bond motifs is 1. The van der Waals surface area contributed by atoms with Crippen molar-refractivity contribution >= 4 is 0 Å². The molecule has 0 heterocycles. The smallest absolute Gasteiger partial charge is 0.0140 e. The minimum absolute atomic E-state index is 0.573. The Morgan fingerprint density at radius 1 is 1.12 bits per heavy atom. The third-order valence-electron chi connectivity index (χ3n) is 7.93. The third kappa shape index (κ3) is 3.40. The van der Waals surface area contributed by atoms with E-state index in [-0.39, 0.29) is 0 Å². The van der Waals surface area contributed by atoms with Gasteiger partial charge >= 0.3 is 0 Å². The van der Waals surface area contributed by atoms with Crippen LogP contribution in [0.1, 0.15) is 92.4 Å². The van der Waals surface area contributed by atoms with Crippen molar-refractivity contribution in [3.8, 4) is 0 Å². The first-order valence-corrected chi connectivity index (χ1v) is 10.8. The van der Waals surface area contributed by atoms with Gasteiger partial charge < -0.3 is 0 Å². The minimum atomic E-state index is 0.573. The Labute approximate surface area is 151 Å². The second kappa shape index (κ2) is 7.38. The van der Waals surface area contributed by atoms with Crippen molar-refractivity contribution in [3.05, 3.63) is 23.3 Å². The normalized spacial score (nSPS) is 43.6. The molecule has 24 heavy (non-hydrogen) atoms. The van der Waals surface area contributed by atoms with E-state index in [1.165, 1.54) is 57.8 Å². The summed E-state index contributed by atoms with van der Waals surface area (Å²) in [6, 6.07) is 0. The van der Waals surface area contributed by atoms with E-state index in [1.807, 2.05) is 5.57 Å². The maximum atomic E-state index is 2.63. The first-order chi connectivity index (χ1) is 11.5. The molecule has 0 radical (unpaired) electrons. The van der Waals surface area contributed by atoms with Crippen molar-refractivity contribution in [2.75, 3.05) is 0 Å². The molecule has 3 aliphatic carbocycles. The summed E-state index contributed by atoms with van der Waals surface area (Å²) in [5.41, 5.74) is 4.13. The average molecular weight is 329 g/mol. The molecule has 0 aromatic carbocycles. The SMILES string of the molecule is CCC1CCC2(C)C(CCC2C(C)C)C1=CC=C1CCCC(C)C1. The molecule has 0 nitrogen and oxygen atoms in total. The summed E-state index contributed by atoms with van der Waals surface area (Å²) in [7, 11) is 0. The first kappa shape index (κ1) is 18.3. The second-order valence-corrected chi connectivity index (χ2v) is 9.82. The molecule has 0 spiro atoms. The zero-order valence-corrected chi connectivity index (χ0v) is 16.9. The van der Waals surface area contributed by atoms with Crippen LogP contribution in [-0.4, -0.2) is 0 Å². The Morgan fingerprint density at radius 3 is 2.58 bits per heavy atom. The summed E-state index contributed by atoms with van der Waals surface area (Å²) in [6.07, 6.45) is 17.8. The van der Waals surface area contributed by atoms with Crippen LogP contribution >= 0.6 is 0 Å². The van der Waals surface area contributed by atoms with Gasteiger partial charge in [-0.3, -0.25) is 0 Å². The van der Waals surface area contributed by atoms with Gasteiger partial charge in [-0.2, -0.15) is 0 Å². The van der Waals surface area contributed by atoms with Crippen molar-refractivity contribution in [2.24, 2.45) is 35.0 Å². The van der Waals surface area contributed by atoms with Crippen LogP contribution in [0.5, 0.6) is 0 Å². The van der Waals surface area contributed by atoms with Crippen LogP contribution in [0.2, 0.25) is 0 Å². The molecular formula is C24H40. The molecule has 0 saturated heterocycles. The van der Waals surface area contributed by atoms with Crippen molar-refractivity contribution in [3.63, 3.8) is 0 Å². The summed E-state index contributed by atoms with van der Waals surface area (Å²) >= 11 is 0. The molecule has 3 saturated carbocycles. The van der Waals surface area contributed by atoms with E-state index in [1.54, 1.807) is 5.57 Å². The van der Waals surface area contributed by atoms with Crippen molar-refractivity contribution in [2.45, 2.75) is 92.4 Å². The molecular weight excluding hydrogens is 288 g/mol. The molecule has 0 heteroatoms. The summed E-state index contributed by atoms with van der Waals surface area (Å²) in [4.78, 5) is 0. The maximum absolute atomic E-state index is 2.63. The Hall–Kier alpha value is -0.520. The van der Waals surface area contributed by atoms with Crippen LogP contribution in [-0.2, 0) is 0 Å². The maximum Gasteiger partial charge on any atom is -0.0140 e. The van der Waals surface area contributed by atoms with Crippen LogP contribution in [0.15, 0.2) is 23.3 Å². The van der Waals surface area contributed by atoms with Gasteiger partial charge in [-0.25, -0.2) is 0 Å². The molecule has 3 aliphatic rings. The van der Waals surface area contributed by atoms with Crippen LogP contribution in [0, 0.1) is 35.0 Å². The second-order valence-electron chi connectivity index (χ2n) is 9.82. The van der Waals surface area contributed by atoms with E-state index in [2.05, 4.69) is 46.8 Å². The number of hydrogen-bond acceptors (Lipinski definition) is 0. The zero-order valence-electron chi connectivity index (χ0n) is 16.9. The van der Waals surface area contributed by atoms with E-state index in [9.17, 15) is 0 Å². The standard InChI is InChI=1S/C24H40/c1-6-20-14-15-24(5)22(17(2)3)12-13-23(24)21(20)11-10-19-9-7-8-18(4)16-19/h10-11,17-18,20,22-23H,6-9,12-16H2,1-5H3. The minimum Gasteiger partial charge on any atom is -0.0700 e. The predicted molar refractivity (Wildman–Crippen MR) is 106 cm³/mol. The van der Waals surface area contributed by atoms with Crippen LogP contribution in [0.25, 0.3) is 0 Å². The van der Waals surface area contributed by atoms with Crippen LogP contribution in [0.3, 0.4) is 0 Å². The fraction of sp³-hybridized carbons (Fsp3) is 0.833. The van der Waals surface area contributed by atoms with Gasteiger partial charge in [-0.15, -0.1) is 0 Å². The zero-order chi connectivity index (χ0) is 17.3. The van der Waals surface area contributed by atoms with Gasteiger partial charge in [0.25, 0.3) is 0 Å². The molecule has 0 aromatic heterocycles. The monoisotopic (exact) mass is 328 g/mol. The quantitative estimate of drug-likeness (QED) is 0.501. The molecule has 0 aliphatic heterocycles. The van der Waals surface area contributed by atoms with E-state index in [0.717, 1.165) is 29.6 Å². The molecule has 3 rings (SSSR count). The van der Waals surface area contributed by atoms with Gasteiger partial charge in [0.05, 0.1) is 0 Å². The molecule has 3 fully saturated rings. The number of rotatable bonds is 3. The topological polar surface area (TPSA) is 0 Å². The highest BCUT2D eigenvalue weighted by molar-refractivity contribution is 5.27. The number of hydrogen-bond donors (Lipinski definition) is 0. The highest BCUT2D eigenvalue weighted by atomic mass is 14.6. The third-order valence-corrected chi connectivity index (χ3v) is 7.93. The van der Waals surface area contributed by atoms with Crippen molar-refractivity contribution in [1.82, 2.24) is 0 Å². The Balaban J connectivity index is 1.86. The van der Waals surface area contributed by atoms with Gasteiger partial charge in [-0.1, -0.05) is 64.3 Å². The fourth-order valence-electron chi connectivity index (χ4n) is 6.59. The first-order valence-electron chi connectivity index (χ1n) is 10.8. The van der Waals surface area contributed by atoms with Crippen molar-refractivity contribution in [1.29, 1.82) is 0 Å². The molecule has 5 atom stereocenters. The van der Waals surface area contributed by atoms with Gasteiger partial charge in [0.2, 0.25) is 0 Å². The summed E-state index contributed by atoms with van der Waals surface area (Å²) in [5, 5.41) is 0. The Bertz CT molecular complexity index is 494. The van der Waals surface area contributed by atoms with Crippen LogP contribution in [0.4, 0.5) is 0 Å². The van der Waals surface area contributed by atoms with Crippen LogP contribution < -0.4 is 0 Å². The molecule has 0 aromatic rings.